The third-order valence-corrected chi connectivity index (χ3v) is 4.09. The van der Waals surface area contributed by atoms with Crippen molar-refractivity contribution in [1.82, 2.24) is 5.32 Å². The van der Waals surface area contributed by atoms with E-state index < -0.39 is 12.1 Å². The second kappa shape index (κ2) is 13.2. The van der Waals surface area contributed by atoms with E-state index in [-0.39, 0.29) is 53.6 Å². The standard InChI is InChI=1S/C16H23NO3.C2HF3O2.Na/c1-12(15(19-2)14-9-6-10-17-14)16(18)20-11-13-7-4-3-5-8-13;3-2(4,5)1(6)7;/h3-5,7-8,12,14-15,17H,6,9-11H2,1-2H3;(H,6,7);/q;;+1/p-1/t12-,14+,15-;;/m1../s1. The average Bonchev–Trinajstić information content (AvgIpc) is 3.15. The Morgan fingerprint density at radius 3 is 2.29 bits per heavy atom. The van der Waals surface area contributed by atoms with Crippen LogP contribution < -0.4 is 40.0 Å². The first-order valence-electron chi connectivity index (χ1n) is 8.41. The second-order valence-electron chi connectivity index (χ2n) is 6.07. The van der Waals surface area contributed by atoms with Crippen molar-refractivity contribution in [2.24, 2.45) is 5.92 Å². The van der Waals surface area contributed by atoms with Gasteiger partial charge in [-0.05, 0) is 31.9 Å². The molecule has 10 heteroatoms. The number of carboxylic acid groups (broad SMARTS) is 1. The summed E-state index contributed by atoms with van der Waals surface area (Å²) in [5, 5.41) is 12.2. The van der Waals surface area contributed by atoms with Gasteiger partial charge in [-0.3, -0.25) is 4.79 Å². The molecule has 0 saturated carbocycles. The molecule has 1 aromatic carbocycles. The topological polar surface area (TPSA) is 87.7 Å². The normalized spacial score (nSPS) is 18.1. The maximum Gasteiger partial charge on any atom is 1.00 e. The van der Waals surface area contributed by atoms with Crippen LogP contribution in [0.3, 0.4) is 0 Å². The van der Waals surface area contributed by atoms with Crippen LogP contribution in [0, 0.1) is 5.92 Å². The predicted molar refractivity (Wildman–Crippen MR) is 88.3 cm³/mol. The minimum atomic E-state index is -5.19. The molecule has 152 valence electrons. The molecule has 1 aromatic rings. The van der Waals surface area contributed by atoms with Gasteiger partial charge in [-0.1, -0.05) is 30.3 Å². The van der Waals surface area contributed by atoms with Gasteiger partial charge in [0.2, 0.25) is 0 Å². The van der Waals surface area contributed by atoms with Gasteiger partial charge in [-0.15, -0.1) is 0 Å². The van der Waals surface area contributed by atoms with Gasteiger partial charge in [0, 0.05) is 13.2 Å². The average molecular weight is 413 g/mol. The van der Waals surface area contributed by atoms with Crippen LogP contribution in [0.5, 0.6) is 0 Å². The summed E-state index contributed by atoms with van der Waals surface area (Å²) in [6.07, 6.45) is -3.13. The smallest absolute Gasteiger partial charge is 0.542 e. The Morgan fingerprint density at radius 1 is 1.29 bits per heavy atom. The number of aliphatic carboxylic acids is 1. The summed E-state index contributed by atoms with van der Waals surface area (Å²) in [5.74, 6) is -3.47. The fourth-order valence-corrected chi connectivity index (χ4v) is 2.70. The summed E-state index contributed by atoms with van der Waals surface area (Å²) in [6.45, 7) is 3.19. The Balaban J connectivity index is 0.000000786. The van der Waals surface area contributed by atoms with Crippen molar-refractivity contribution in [2.75, 3.05) is 13.7 Å². The number of ether oxygens (including phenoxy) is 2. The van der Waals surface area contributed by atoms with Crippen molar-refractivity contribution < 1.29 is 66.9 Å². The van der Waals surface area contributed by atoms with Crippen LogP contribution >= 0.6 is 0 Å². The van der Waals surface area contributed by atoms with Crippen LogP contribution in [0.2, 0.25) is 0 Å². The van der Waals surface area contributed by atoms with Crippen LogP contribution in [0.15, 0.2) is 30.3 Å². The predicted octanol–water partition coefficient (Wildman–Crippen LogP) is -1.56. The summed E-state index contributed by atoms with van der Waals surface area (Å²) in [6, 6.07) is 9.97. The van der Waals surface area contributed by atoms with Gasteiger partial charge in [-0.2, -0.15) is 13.2 Å². The molecule has 1 heterocycles. The summed E-state index contributed by atoms with van der Waals surface area (Å²) in [7, 11) is 1.66. The van der Waals surface area contributed by atoms with E-state index in [2.05, 4.69) is 5.32 Å². The van der Waals surface area contributed by atoms with E-state index in [1.807, 2.05) is 37.3 Å². The number of hydrogen-bond acceptors (Lipinski definition) is 6. The molecular formula is C18H23F3NNaO5. The molecule has 1 aliphatic heterocycles. The molecule has 0 aliphatic carbocycles. The molecule has 0 radical (unpaired) electrons. The Kier molecular flexibility index (Phi) is 12.6. The molecule has 1 saturated heterocycles. The molecule has 0 bridgehead atoms. The molecule has 0 spiro atoms. The molecule has 1 fully saturated rings. The maximum absolute atomic E-state index is 12.1. The first kappa shape index (κ1) is 26.9. The van der Waals surface area contributed by atoms with Crippen LogP contribution in [0.25, 0.3) is 0 Å². The molecule has 2 rings (SSSR count). The van der Waals surface area contributed by atoms with Gasteiger partial charge >= 0.3 is 41.7 Å². The second-order valence-corrected chi connectivity index (χ2v) is 6.07. The van der Waals surface area contributed by atoms with Gasteiger partial charge in [0.25, 0.3) is 0 Å². The van der Waals surface area contributed by atoms with Crippen molar-refractivity contribution in [1.29, 1.82) is 0 Å². The number of halogens is 3. The van der Waals surface area contributed by atoms with Crippen LogP contribution in [-0.4, -0.2) is 43.9 Å². The summed E-state index contributed by atoms with van der Waals surface area (Å²) >= 11 is 0. The van der Waals surface area contributed by atoms with Gasteiger partial charge in [-0.25, -0.2) is 0 Å². The number of hydrogen-bond donors (Lipinski definition) is 1. The van der Waals surface area contributed by atoms with E-state index in [9.17, 15) is 18.0 Å². The number of carboxylic acids is 1. The number of carbonyl (C=O) groups is 2. The monoisotopic (exact) mass is 413 g/mol. The number of nitrogens with one attached hydrogen (secondary N) is 1. The largest absolute Gasteiger partial charge is 1.00 e. The Hall–Kier alpha value is -1.13. The quantitative estimate of drug-likeness (QED) is 0.448. The zero-order valence-electron chi connectivity index (χ0n) is 16.1. The molecule has 0 aromatic heterocycles. The van der Waals surface area contributed by atoms with Gasteiger partial charge < -0.3 is 24.7 Å². The molecule has 3 atom stereocenters. The number of benzene rings is 1. The number of methoxy groups -OCH3 is 1. The van der Waals surface area contributed by atoms with E-state index in [1.165, 1.54) is 0 Å². The molecule has 0 unspecified atom stereocenters. The number of esters is 1. The van der Waals surface area contributed by atoms with Crippen LogP contribution in [0.4, 0.5) is 13.2 Å². The Labute approximate surface area is 184 Å². The minimum absolute atomic E-state index is 0. The number of alkyl halides is 3. The van der Waals surface area contributed by atoms with Gasteiger partial charge in [0.15, 0.2) is 0 Å². The summed E-state index contributed by atoms with van der Waals surface area (Å²) in [5.41, 5.74) is 1.00. The van der Waals surface area contributed by atoms with E-state index in [4.69, 9.17) is 19.4 Å². The molecule has 6 nitrogen and oxygen atoms in total. The van der Waals surface area contributed by atoms with Gasteiger partial charge in [0.1, 0.15) is 12.6 Å². The van der Waals surface area contributed by atoms with Crippen molar-refractivity contribution in [3.05, 3.63) is 35.9 Å². The maximum atomic E-state index is 12.1. The fourth-order valence-electron chi connectivity index (χ4n) is 2.70. The van der Waals surface area contributed by atoms with Crippen LogP contribution in [0.1, 0.15) is 25.3 Å². The Bertz CT molecular complexity index is 595. The summed E-state index contributed by atoms with van der Waals surface area (Å²) in [4.78, 5) is 20.9. The van der Waals surface area contributed by atoms with Crippen molar-refractivity contribution in [3.8, 4) is 0 Å². The third kappa shape index (κ3) is 9.38. The van der Waals surface area contributed by atoms with E-state index in [1.54, 1.807) is 7.11 Å². The molecule has 28 heavy (non-hydrogen) atoms. The molecule has 0 amide bonds. The van der Waals surface area contributed by atoms with Gasteiger partial charge in [0.05, 0.1) is 12.0 Å². The van der Waals surface area contributed by atoms with E-state index in [0.29, 0.717) is 6.61 Å². The minimum Gasteiger partial charge on any atom is -0.542 e. The zero-order valence-corrected chi connectivity index (χ0v) is 18.1. The number of rotatable bonds is 6. The fraction of sp³-hybridized carbons (Fsp3) is 0.556. The third-order valence-electron chi connectivity index (χ3n) is 4.09. The SMILES string of the molecule is CO[C@@H]([C@@H]1CCCN1)[C@@H](C)C(=O)OCc1ccccc1.O=C([O-])C(F)(F)F.[Na+]. The van der Waals surface area contributed by atoms with Crippen molar-refractivity contribution >= 4 is 11.9 Å². The molecule has 1 aliphatic rings. The zero-order chi connectivity index (χ0) is 20.4. The van der Waals surface area contributed by atoms with Crippen molar-refractivity contribution in [2.45, 2.75) is 44.7 Å². The molecular weight excluding hydrogens is 390 g/mol. The van der Waals surface area contributed by atoms with Crippen molar-refractivity contribution in [3.63, 3.8) is 0 Å². The first-order valence-corrected chi connectivity index (χ1v) is 8.41. The van der Waals surface area contributed by atoms with Crippen LogP contribution in [-0.2, 0) is 25.7 Å². The molecule has 1 N–H and O–H groups in total. The first-order chi connectivity index (χ1) is 12.7. The summed E-state index contributed by atoms with van der Waals surface area (Å²) < 4.78 is 42.4. The Morgan fingerprint density at radius 2 is 1.86 bits per heavy atom. The number of carbonyl (C=O) groups excluding carboxylic acids is 2. The van der Waals surface area contributed by atoms with E-state index >= 15 is 0 Å². The van der Waals surface area contributed by atoms with E-state index in [0.717, 1.165) is 24.9 Å².